The average Bonchev–Trinajstić information content (AvgIpc) is 2.92. The van der Waals surface area contributed by atoms with Crippen LogP contribution in [-0.4, -0.2) is 42.7 Å². The lowest BCUT2D eigenvalue weighted by Gasteiger charge is -2.31. The summed E-state index contributed by atoms with van der Waals surface area (Å²) in [5.74, 6) is 0.435. The second-order valence-electron chi connectivity index (χ2n) is 6.41. The summed E-state index contributed by atoms with van der Waals surface area (Å²) in [5.41, 5.74) is 1.94. The number of hydrogen-bond donors (Lipinski definition) is 2. The van der Waals surface area contributed by atoms with E-state index in [9.17, 15) is 9.90 Å². The third-order valence-corrected chi connectivity index (χ3v) is 4.85. The number of benzene rings is 1. The predicted molar refractivity (Wildman–Crippen MR) is 84.1 cm³/mol. The Morgan fingerprint density at radius 2 is 2.05 bits per heavy atom. The molecule has 1 aromatic carbocycles. The van der Waals surface area contributed by atoms with Crippen LogP contribution >= 0.6 is 0 Å². The molecule has 21 heavy (non-hydrogen) atoms. The molecule has 4 nitrogen and oxygen atoms in total. The van der Waals surface area contributed by atoms with Crippen LogP contribution < -0.4 is 5.32 Å². The maximum absolute atomic E-state index is 11.5. The van der Waals surface area contributed by atoms with E-state index in [4.69, 9.17) is 0 Å². The molecule has 1 atom stereocenters. The third kappa shape index (κ3) is 3.44. The van der Waals surface area contributed by atoms with Crippen molar-refractivity contribution < 1.29 is 9.90 Å². The van der Waals surface area contributed by atoms with Crippen molar-refractivity contribution in [2.45, 2.75) is 26.8 Å². The summed E-state index contributed by atoms with van der Waals surface area (Å²) in [4.78, 5) is 13.9. The molecule has 1 amide bonds. The highest BCUT2D eigenvalue weighted by Crippen LogP contribution is 2.37. The molecule has 2 rings (SSSR count). The van der Waals surface area contributed by atoms with Crippen LogP contribution in [0.5, 0.6) is 0 Å². The Hall–Kier alpha value is -1.39. The number of aliphatic hydroxyl groups is 1. The van der Waals surface area contributed by atoms with E-state index in [-0.39, 0.29) is 17.9 Å². The molecule has 0 radical (unpaired) electrons. The normalized spacial score (nSPS) is 22.7. The maximum Gasteiger partial charge on any atom is 0.251 e. The Bertz CT molecular complexity index is 484. The van der Waals surface area contributed by atoms with E-state index in [1.54, 1.807) is 7.05 Å². The van der Waals surface area contributed by atoms with Crippen molar-refractivity contribution in [2.24, 2.45) is 11.3 Å². The summed E-state index contributed by atoms with van der Waals surface area (Å²) in [6, 6.07) is 7.76. The molecular weight excluding hydrogens is 264 g/mol. The van der Waals surface area contributed by atoms with E-state index in [1.165, 1.54) is 5.56 Å². The molecule has 1 heterocycles. The van der Waals surface area contributed by atoms with Gasteiger partial charge in [-0.15, -0.1) is 0 Å². The van der Waals surface area contributed by atoms with E-state index in [2.05, 4.69) is 24.1 Å². The smallest absolute Gasteiger partial charge is 0.251 e. The van der Waals surface area contributed by atoms with Gasteiger partial charge in [0, 0.05) is 31.1 Å². The fourth-order valence-electron chi connectivity index (χ4n) is 3.07. The quantitative estimate of drug-likeness (QED) is 0.870. The molecule has 1 saturated heterocycles. The molecule has 1 fully saturated rings. The Morgan fingerprint density at radius 1 is 1.38 bits per heavy atom. The van der Waals surface area contributed by atoms with Gasteiger partial charge in [0.2, 0.25) is 0 Å². The lowest BCUT2D eigenvalue weighted by molar-refractivity contribution is 0.0820. The molecule has 2 N–H and O–H groups in total. The fraction of sp³-hybridized carbons (Fsp3) is 0.588. The molecule has 0 spiro atoms. The number of nitrogens with one attached hydrogen (secondary N) is 1. The van der Waals surface area contributed by atoms with Crippen LogP contribution in [0.4, 0.5) is 0 Å². The summed E-state index contributed by atoms with van der Waals surface area (Å²) in [6.07, 6.45) is 1.05. The van der Waals surface area contributed by atoms with Crippen molar-refractivity contribution in [1.82, 2.24) is 10.2 Å². The standard InChI is InChI=1S/C17H26N2O2/c1-13(2)17(12-20)8-9-19(11-17)10-14-4-6-15(7-5-14)16(21)18-3/h4-7,13,20H,8-12H2,1-3H3,(H,18,21). The summed E-state index contributed by atoms with van der Waals surface area (Å²) in [7, 11) is 1.64. The first kappa shape index (κ1) is 16.0. The van der Waals surface area contributed by atoms with Crippen molar-refractivity contribution in [1.29, 1.82) is 0 Å². The van der Waals surface area contributed by atoms with E-state index in [0.717, 1.165) is 26.1 Å². The van der Waals surface area contributed by atoms with Crippen LogP contribution in [0.25, 0.3) is 0 Å². The monoisotopic (exact) mass is 290 g/mol. The molecule has 1 aliphatic heterocycles. The Morgan fingerprint density at radius 3 is 2.52 bits per heavy atom. The molecule has 116 valence electrons. The first-order valence-corrected chi connectivity index (χ1v) is 7.65. The van der Waals surface area contributed by atoms with Crippen molar-refractivity contribution in [2.75, 3.05) is 26.7 Å². The Labute approximate surface area is 127 Å². The minimum Gasteiger partial charge on any atom is -0.396 e. The summed E-state index contributed by atoms with van der Waals surface area (Å²) in [5, 5.41) is 12.4. The average molecular weight is 290 g/mol. The number of carbonyl (C=O) groups is 1. The number of rotatable bonds is 5. The predicted octanol–water partition coefficient (Wildman–Crippen LogP) is 1.89. The van der Waals surface area contributed by atoms with E-state index >= 15 is 0 Å². The fourth-order valence-corrected chi connectivity index (χ4v) is 3.07. The maximum atomic E-state index is 11.5. The van der Waals surface area contributed by atoms with Crippen LogP contribution in [0.3, 0.4) is 0 Å². The lowest BCUT2D eigenvalue weighted by atomic mass is 9.77. The SMILES string of the molecule is CNC(=O)c1ccc(CN2CCC(CO)(C(C)C)C2)cc1. The van der Waals surface area contributed by atoms with Gasteiger partial charge in [-0.05, 0) is 36.6 Å². The lowest BCUT2D eigenvalue weighted by Crippen LogP contribution is -2.35. The highest BCUT2D eigenvalue weighted by molar-refractivity contribution is 5.93. The second kappa shape index (κ2) is 6.58. The molecule has 0 aliphatic carbocycles. The van der Waals surface area contributed by atoms with Gasteiger partial charge in [-0.25, -0.2) is 0 Å². The number of nitrogens with zero attached hydrogens (tertiary/aromatic N) is 1. The molecule has 0 bridgehead atoms. The summed E-state index contributed by atoms with van der Waals surface area (Å²) >= 11 is 0. The van der Waals surface area contributed by atoms with E-state index < -0.39 is 0 Å². The number of likely N-dealkylation sites (tertiary alicyclic amines) is 1. The van der Waals surface area contributed by atoms with Crippen molar-refractivity contribution in [3.05, 3.63) is 35.4 Å². The van der Waals surface area contributed by atoms with E-state index in [0.29, 0.717) is 11.5 Å². The molecular formula is C17H26N2O2. The minimum absolute atomic E-state index is 0.0437. The Balaban J connectivity index is 1.99. The first-order chi connectivity index (χ1) is 10.0. The van der Waals surface area contributed by atoms with Crippen molar-refractivity contribution in [3.63, 3.8) is 0 Å². The molecule has 1 aliphatic rings. The minimum atomic E-state index is -0.0539. The van der Waals surface area contributed by atoms with Crippen LogP contribution in [0.2, 0.25) is 0 Å². The van der Waals surface area contributed by atoms with Crippen LogP contribution in [0.15, 0.2) is 24.3 Å². The molecule has 0 aromatic heterocycles. The highest BCUT2D eigenvalue weighted by atomic mass is 16.3. The summed E-state index contributed by atoms with van der Waals surface area (Å²) in [6.45, 7) is 7.49. The van der Waals surface area contributed by atoms with Gasteiger partial charge in [-0.3, -0.25) is 9.69 Å². The van der Waals surface area contributed by atoms with E-state index in [1.807, 2.05) is 24.3 Å². The number of aliphatic hydroxyl groups excluding tert-OH is 1. The zero-order valence-electron chi connectivity index (χ0n) is 13.2. The Kier molecular flexibility index (Phi) is 5.01. The van der Waals surface area contributed by atoms with Gasteiger partial charge in [0.25, 0.3) is 5.91 Å². The third-order valence-electron chi connectivity index (χ3n) is 4.85. The summed E-state index contributed by atoms with van der Waals surface area (Å²) < 4.78 is 0. The molecule has 1 aromatic rings. The van der Waals surface area contributed by atoms with Gasteiger partial charge < -0.3 is 10.4 Å². The zero-order valence-corrected chi connectivity index (χ0v) is 13.2. The van der Waals surface area contributed by atoms with Gasteiger partial charge >= 0.3 is 0 Å². The largest absolute Gasteiger partial charge is 0.396 e. The zero-order chi connectivity index (χ0) is 15.5. The first-order valence-electron chi connectivity index (χ1n) is 7.65. The van der Waals surface area contributed by atoms with Crippen LogP contribution in [0.1, 0.15) is 36.2 Å². The van der Waals surface area contributed by atoms with Gasteiger partial charge in [-0.2, -0.15) is 0 Å². The van der Waals surface area contributed by atoms with Gasteiger partial charge in [0.1, 0.15) is 0 Å². The van der Waals surface area contributed by atoms with Crippen molar-refractivity contribution >= 4 is 5.91 Å². The topological polar surface area (TPSA) is 52.6 Å². The highest BCUT2D eigenvalue weighted by Gasteiger charge is 2.39. The van der Waals surface area contributed by atoms with Crippen LogP contribution in [-0.2, 0) is 6.54 Å². The second-order valence-corrected chi connectivity index (χ2v) is 6.41. The van der Waals surface area contributed by atoms with Crippen LogP contribution in [0, 0.1) is 11.3 Å². The van der Waals surface area contributed by atoms with Gasteiger partial charge in [0.05, 0.1) is 6.61 Å². The van der Waals surface area contributed by atoms with Gasteiger partial charge in [-0.1, -0.05) is 26.0 Å². The molecule has 0 saturated carbocycles. The number of carbonyl (C=O) groups excluding carboxylic acids is 1. The molecule has 1 unspecified atom stereocenters. The number of hydrogen-bond acceptors (Lipinski definition) is 3. The molecule has 4 heteroatoms. The van der Waals surface area contributed by atoms with Crippen molar-refractivity contribution in [3.8, 4) is 0 Å². The van der Waals surface area contributed by atoms with Gasteiger partial charge in [0.15, 0.2) is 0 Å². The number of amides is 1.